The molecular formula is C18H27NO6. The fourth-order valence-corrected chi connectivity index (χ4v) is 4.02. The van der Waals surface area contributed by atoms with Gasteiger partial charge in [0.2, 0.25) is 0 Å². The summed E-state index contributed by atoms with van der Waals surface area (Å²) in [6.07, 6.45) is 2.26. The quantitative estimate of drug-likeness (QED) is 0.414. The number of allylic oxidation sites excluding steroid dienone is 2. The van der Waals surface area contributed by atoms with E-state index in [0.29, 0.717) is 5.92 Å². The Morgan fingerprint density at radius 3 is 2.56 bits per heavy atom. The minimum atomic E-state index is -0.962. The first-order chi connectivity index (χ1) is 11.6. The number of aliphatic carboxylic acids is 1. The number of carbonyl (C=O) groups is 3. The van der Waals surface area contributed by atoms with Gasteiger partial charge in [-0.3, -0.25) is 9.59 Å². The molecule has 25 heavy (non-hydrogen) atoms. The summed E-state index contributed by atoms with van der Waals surface area (Å²) >= 11 is 0. The second-order valence-electron chi connectivity index (χ2n) is 7.62. The zero-order valence-electron chi connectivity index (χ0n) is 15.2. The van der Waals surface area contributed by atoms with E-state index in [2.05, 4.69) is 18.3 Å². The normalized spacial score (nSPS) is 28.4. The average molecular weight is 353 g/mol. The molecule has 7 heteroatoms. The summed E-state index contributed by atoms with van der Waals surface area (Å²) in [6, 6.07) is 0. The van der Waals surface area contributed by atoms with Crippen LogP contribution in [-0.2, 0) is 19.1 Å². The predicted molar refractivity (Wildman–Crippen MR) is 89.5 cm³/mol. The van der Waals surface area contributed by atoms with Crippen LogP contribution in [0, 0.1) is 23.2 Å². The first-order valence-corrected chi connectivity index (χ1v) is 8.64. The smallest absolute Gasteiger partial charge is 0.410 e. The number of alkyl carbamates (subject to hydrolysis) is 1. The molecule has 0 unspecified atom stereocenters. The maximum absolute atomic E-state index is 12.1. The van der Waals surface area contributed by atoms with E-state index in [1.165, 1.54) is 12.5 Å². The molecule has 2 aliphatic carbocycles. The molecule has 0 spiro atoms. The van der Waals surface area contributed by atoms with E-state index in [9.17, 15) is 19.5 Å². The Bertz CT molecular complexity index is 584. The molecule has 0 aromatic carbocycles. The summed E-state index contributed by atoms with van der Waals surface area (Å²) in [5.41, 5.74) is 0.807. The SMILES string of the molecule is CC(=O)O[C@@H](OC(=O)NC[C@@]1(CC(=O)O)C[C@H]2CC(C)=C[C@@H]21)C(C)C. The van der Waals surface area contributed by atoms with Crippen LogP contribution in [0.3, 0.4) is 0 Å². The Balaban J connectivity index is 1.95. The highest BCUT2D eigenvalue weighted by atomic mass is 16.7. The number of fused-ring (bicyclic) bond motifs is 1. The van der Waals surface area contributed by atoms with E-state index in [1.54, 1.807) is 13.8 Å². The molecule has 1 fully saturated rings. The highest BCUT2D eigenvalue weighted by Crippen LogP contribution is 2.59. The lowest BCUT2D eigenvalue weighted by Crippen LogP contribution is -2.53. The van der Waals surface area contributed by atoms with Crippen LogP contribution >= 0.6 is 0 Å². The monoisotopic (exact) mass is 353 g/mol. The fourth-order valence-electron chi connectivity index (χ4n) is 4.02. The maximum Gasteiger partial charge on any atom is 0.410 e. The molecule has 2 N–H and O–H groups in total. The summed E-state index contributed by atoms with van der Waals surface area (Å²) in [6.45, 7) is 7.08. The Morgan fingerprint density at radius 2 is 2.04 bits per heavy atom. The van der Waals surface area contributed by atoms with E-state index in [0.717, 1.165) is 12.8 Å². The van der Waals surface area contributed by atoms with Gasteiger partial charge in [0, 0.05) is 24.8 Å². The summed E-state index contributed by atoms with van der Waals surface area (Å²) < 4.78 is 10.1. The number of carboxylic acids is 1. The number of carbonyl (C=O) groups excluding carboxylic acids is 2. The van der Waals surface area contributed by atoms with Crippen LogP contribution in [-0.4, -0.2) is 36.0 Å². The Hall–Kier alpha value is -2.05. The van der Waals surface area contributed by atoms with Crippen molar-refractivity contribution in [2.75, 3.05) is 6.54 Å². The number of rotatable bonds is 7. The van der Waals surface area contributed by atoms with Crippen molar-refractivity contribution < 1.29 is 29.0 Å². The largest absolute Gasteiger partial charge is 0.481 e. The van der Waals surface area contributed by atoms with Crippen molar-refractivity contribution >= 4 is 18.0 Å². The third-order valence-electron chi connectivity index (χ3n) is 5.07. The third-order valence-corrected chi connectivity index (χ3v) is 5.07. The summed E-state index contributed by atoms with van der Waals surface area (Å²) in [7, 11) is 0. The molecule has 2 aliphatic rings. The van der Waals surface area contributed by atoms with Gasteiger partial charge < -0.3 is 19.9 Å². The number of esters is 1. The molecule has 1 amide bonds. The average Bonchev–Trinajstić information content (AvgIpc) is 2.78. The van der Waals surface area contributed by atoms with Gasteiger partial charge in [0.15, 0.2) is 0 Å². The molecular weight excluding hydrogens is 326 g/mol. The lowest BCUT2D eigenvalue weighted by Gasteiger charge is -2.51. The van der Waals surface area contributed by atoms with Gasteiger partial charge in [-0.25, -0.2) is 4.79 Å². The summed E-state index contributed by atoms with van der Waals surface area (Å²) in [5, 5.41) is 11.9. The molecule has 0 saturated heterocycles. The minimum absolute atomic E-state index is 0.00970. The van der Waals surface area contributed by atoms with Crippen molar-refractivity contribution in [2.45, 2.75) is 53.2 Å². The van der Waals surface area contributed by atoms with Gasteiger partial charge in [0.25, 0.3) is 6.29 Å². The molecule has 1 saturated carbocycles. The molecule has 0 radical (unpaired) electrons. The van der Waals surface area contributed by atoms with Crippen LogP contribution in [0.5, 0.6) is 0 Å². The molecule has 0 aromatic heterocycles. The van der Waals surface area contributed by atoms with E-state index in [1.807, 2.05) is 0 Å². The van der Waals surface area contributed by atoms with Gasteiger partial charge in [-0.05, 0) is 31.6 Å². The van der Waals surface area contributed by atoms with Crippen LogP contribution in [0.4, 0.5) is 4.79 Å². The lowest BCUT2D eigenvalue weighted by molar-refractivity contribution is -0.172. The van der Waals surface area contributed by atoms with Crippen molar-refractivity contribution in [1.82, 2.24) is 5.32 Å². The summed E-state index contributed by atoms with van der Waals surface area (Å²) in [5.74, 6) is -0.926. The second kappa shape index (κ2) is 7.45. The number of hydrogen-bond donors (Lipinski definition) is 2. The van der Waals surface area contributed by atoms with E-state index < -0.39 is 29.7 Å². The molecule has 2 rings (SSSR count). The van der Waals surface area contributed by atoms with Crippen LogP contribution in [0.2, 0.25) is 0 Å². The van der Waals surface area contributed by atoms with Gasteiger partial charge in [0.05, 0.1) is 6.42 Å². The Labute approximate surface area is 147 Å². The maximum atomic E-state index is 12.1. The molecule has 4 atom stereocenters. The first kappa shape index (κ1) is 19.3. The van der Waals surface area contributed by atoms with Crippen molar-refractivity contribution in [3.05, 3.63) is 11.6 Å². The lowest BCUT2D eigenvalue weighted by atomic mass is 9.53. The van der Waals surface area contributed by atoms with Gasteiger partial charge in [-0.2, -0.15) is 0 Å². The van der Waals surface area contributed by atoms with E-state index in [-0.39, 0.29) is 24.8 Å². The van der Waals surface area contributed by atoms with Gasteiger partial charge in [-0.15, -0.1) is 0 Å². The van der Waals surface area contributed by atoms with Crippen LogP contribution < -0.4 is 5.32 Å². The topological polar surface area (TPSA) is 102 Å². The van der Waals surface area contributed by atoms with Gasteiger partial charge >= 0.3 is 18.0 Å². The molecule has 7 nitrogen and oxygen atoms in total. The van der Waals surface area contributed by atoms with Crippen LogP contribution in [0.15, 0.2) is 11.6 Å². The fraction of sp³-hybridized carbons (Fsp3) is 0.722. The molecule has 0 aromatic rings. The second-order valence-corrected chi connectivity index (χ2v) is 7.62. The zero-order chi connectivity index (χ0) is 18.8. The number of amides is 1. The molecule has 0 heterocycles. The van der Waals surface area contributed by atoms with Gasteiger partial charge in [0.1, 0.15) is 0 Å². The minimum Gasteiger partial charge on any atom is -0.481 e. The van der Waals surface area contributed by atoms with Gasteiger partial charge in [-0.1, -0.05) is 25.5 Å². The standard InChI is InChI=1S/C18H27NO6/c1-10(2)16(24-12(4)20)25-17(23)19-9-18(8-15(21)22)7-13-5-11(3)6-14(13)18/h6,10,13-14,16H,5,7-9H2,1-4H3,(H,19,23)(H,21,22)/t13-,14+,16+,18+/m1/s1. The number of hydrogen-bond acceptors (Lipinski definition) is 5. The summed E-state index contributed by atoms with van der Waals surface area (Å²) in [4.78, 5) is 34.5. The first-order valence-electron chi connectivity index (χ1n) is 8.64. The zero-order valence-corrected chi connectivity index (χ0v) is 15.2. The van der Waals surface area contributed by atoms with Crippen LogP contribution in [0.1, 0.15) is 47.0 Å². The van der Waals surface area contributed by atoms with E-state index in [4.69, 9.17) is 9.47 Å². The molecule has 0 aliphatic heterocycles. The highest BCUT2D eigenvalue weighted by molar-refractivity contribution is 5.70. The number of carboxylic acid groups (broad SMARTS) is 1. The third kappa shape index (κ3) is 4.52. The number of ether oxygens (including phenoxy) is 2. The molecule has 140 valence electrons. The predicted octanol–water partition coefficient (Wildman–Crippen LogP) is 2.71. The van der Waals surface area contributed by atoms with E-state index >= 15 is 0 Å². The Kier molecular flexibility index (Phi) is 5.75. The number of nitrogens with one attached hydrogen (secondary N) is 1. The Morgan fingerprint density at radius 1 is 1.36 bits per heavy atom. The molecule has 0 bridgehead atoms. The van der Waals surface area contributed by atoms with Crippen molar-refractivity contribution in [3.63, 3.8) is 0 Å². The van der Waals surface area contributed by atoms with Crippen molar-refractivity contribution in [1.29, 1.82) is 0 Å². The highest BCUT2D eigenvalue weighted by Gasteiger charge is 2.55. The van der Waals surface area contributed by atoms with Crippen LogP contribution in [0.25, 0.3) is 0 Å². The van der Waals surface area contributed by atoms with Crippen molar-refractivity contribution in [2.24, 2.45) is 23.2 Å². The van der Waals surface area contributed by atoms with Crippen molar-refractivity contribution in [3.8, 4) is 0 Å².